The minimum atomic E-state index is -0.0106. The van der Waals surface area contributed by atoms with Gasteiger partial charge in [-0.15, -0.1) is 0 Å². The van der Waals surface area contributed by atoms with Crippen molar-refractivity contribution in [2.24, 2.45) is 5.92 Å². The van der Waals surface area contributed by atoms with Gasteiger partial charge in [0.05, 0.1) is 0 Å². The number of amides is 1. The van der Waals surface area contributed by atoms with Crippen LogP contribution in [0.2, 0.25) is 0 Å². The molecule has 2 bridgehead atoms. The Hall–Kier alpha value is -1.55. The van der Waals surface area contributed by atoms with Gasteiger partial charge in [0, 0.05) is 29.9 Å². The number of hydrogen-bond donors (Lipinski definition) is 2. The number of benzene rings is 1. The molecule has 0 saturated carbocycles. The Morgan fingerprint density at radius 2 is 2.05 bits per heavy atom. The molecule has 2 atom stereocenters. The molecule has 3 rings (SSSR count). The fourth-order valence-electron chi connectivity index (χ4n) is 3.71. The standard InChI is InChI=1S/C16H23N3O/c1-19-14-5-6-15(19)8-11(7-14)10-18-16(20)12-3-2-4-13(17)9-12/h2-4,9,11,14-15H,5-8,10,17H2,1H3,(H,18,20). The first-order chi connectivity index (χ1) is 9.63. The quantitative estimate of drug-likeness (QED) is 0.827. The lowest BCUT2D eigenvalue weighted by atomic mass is 9.91. The summed E-state index contributed by atoms with van der Waals surface area (Å²) in [6.45, 7) is 0.786. The van der Waals surface area contributed by atoms with Gasteiger partial charge in [0.15, 0.2) is 0 Å². The maximum atomic E-state index is 12.1. The molecule has 3 N–H and O–H groups in total. The highest BCUT2D eigenvalue weighted by atomic mass is 16.1. The Morgan fingerprint density at radius 1 is 1.35 bits per heavy atom. The first-order valence-corrected chi connectivity index (χ1v) is 7.49. The number of fused-ring (bicyclic) bond motifs is 2. The van der Waals surface area contributed by atoms with Crippen molar-refractivity contribution in [3.63, 3.8) is 0 Å². The minimum absolute atomic E-state index is 0.0106. The Balaban J connectivity index is 1.54. The summed E-state index contributed by atoms with van der Waals surface area (Å²) in [5.74, 6) is 0.609. The summed E-state index contributed by atoms with van der Waals surface area (Å²) in [5, 5.41) is 3.07. The van der Waals surface area contributed by atoms with E-state index in [9.17, 15) is 4.79 Å². The Labute approximate surface area is 120 Å². The summed E-state index contributed by atoms with van der Waals surface area (Å²) in [7, 11) is 2.24. The maximum Gasteiger partial charge on any atom is 0.251 e. The van der Waals surface area contributed by atoms with E-state index < -0.39 is 0 Å². The van der Waals surface area contributed by atoms with Gasteiger partial charge in [0.1, 0.15) is 0 Å². The van der Waals surface area contributed by atoms with Gasteiger partial charge in [0.2, 0.25) is 0 Å². The number of nitrogens with zero attached hydrogens (tertiary/aromatic N) is 1. The molecule has 0 aromatic heterocycles. The van der Waals surface area contributed by atoms with E-state index in [2.05, 4.69) is 17.3 Å². The zero-order valence-electron chi connectivity index (χ0n) is 12.0. The summed E-state index contributed by atoms with van der Waals surface area (Å²) in [4.78, 5) is 14.6. The molecule has 0 spiro atoms. The van der Waals surface area contributed by atoms with E-state index in [-0.39, 0.29) is 5.91 Å². The molecule has 108 valence electrons. The van der Waals surface area contributed by atoms with E-state index in [0.29, 0.717) is 17.2 Å². The van der Waals surface area contributed by atoms with E-state index in [4.69, 9.17) is 5.73 Å². The number of rotatable bonds is 3. The van der Waals surface area contributed by atoms with E-state index in [1.165, 1.54) is 25.7 Å². The zero-order chi connectivity index (χ0) is 14.1. The van der Waals surface area contributed by atoms with Crippen molar-refractivity contribution in [2.45, 2.75) is 37.8 Å². The van der Waals surface area contributed by atoms with E-state index in [1.807, 2.05) is 12.1 Å². The Bertz CT molecular complexity index is 488. The van der Waals surface area contributed by atoms with Crippen LogP contribution in [0.4, 0.5) is 5.69 Å². The summed E-state index contributed by atoms with van der Waals surface area (Å²) < 4.78 is 0. The monoisotopic (exact) mass is 273 g/mol. The topological polar surface area (TPSA) is 58.4 Å². The van der Waals surface area contributed by atoms with Gasteiger partial charge in [-0.05, 0) is 56.8 Å². The van der Waals surface area contributed by atoms with Crippen molar-refractivity contribution in [2.75, 3.05) is 19.3 Å². The molecule has 2 fully saturated rings. The van der Waals surface area contributed by atoms with Crippen molar-refractivity contribution >= 4 is 11.6 Å². The number of nitrogen functional groups attached to an aromatic ring is 1. The molecule has 0 radical (unpaired) electrons. The fraction of sp³-hybridized carbons (Fsp3) is 0.562. The van der Waals surface area contributed by atoms with Crippen molar-refractivity contribution in [1.29, 1.82) is 0 Å². The largest absolute Gasteiger partial charge is 0.399 e. The van der Waals surface area contributed by atoms with Crippen LogP contribution in [0.5, 0.6) is 0 Å². The normalized spacial score (nSPS) is 29.4. The van der Waals surface area contributed by atoms with E-state index in [0.717, 1.165) is 18.6 Å². The van der Waals surface area contributed by atoms with Crippen LogP contribution in [0.3, 0.4) is 0 Å². The van der Waals surface area contributed by atoms with Crippen molar-refractivity contribution < 1.29 is 4.79 Å². The number of nitrogens with one attached hydrogen (secondary N) is 1. The third-order valence-electron chi connectivity index (χ3n) is 4.90. The molecule has 2 unspecified atom stereocenters. The first kappa shape index (κ1) is 13.4. The molecule has 0 aliphatic carbocycles. The lowest BCUT2D eigenvalue weighted by Crippen LogP contribution is -2.43. The van der Waals surface area contributed by atoms with Crippen molar-refractivity contribution in [3.8, 4) is 0 Å². The number of carbonyl (C=O) groups is 1. The summed E-state index contributed by atoms with van der Waals surface area (Å²) in [6.07, 6.45) is 5.07. The Morgan fingerprint density at radius 3 is 2.70 bits per heavy atom. The van der Waals surface area contributed by atoms with Crippen LogP contribution in [0.1, 0.15) is 36.0 Å². The third kappa shape index (κ3) is 2.66. The van der Waals surface area contributed by atoms with Crippen LogP contribution in [0.25, 0.3) is 0 Å². The number of piperidine rings is 1. The number of anilines is 1. The van der Waals surface area contributed by atoms with Crippen LogP contribution >= 0.6 is 0 Å². The second kappa shape index (κ2) is 5.44. The molecule has 1 amide bonds. The predicted molar refractivity (Wildman–Crippen MR) is 80.5 cm³/mol. The molecule has 2 saturated heterocycles. The second-order valence-corrected chi connectivity index (χ2v) is 6.22. The number of hydrogen-bond acceptors (Lipinski definition) is 3. The molecular formula is C16H23N3O. The molecule has 2 aliphatic rings. The second-order valence-electron chi connectivity index (χ2n) is 6.22. The van der Waals surface area contributed by atoms with E-state index in [1.54, 1.807) is 12.1 Å². The highest BCUT2D eigenvalue weighted by Crippen LogP contribution is 2.36. The molecule has 2 aliphatic heterocycles. The average molecular weight is 273 g/mol. The van der Waals surface area contributed by atoms with Crippen LogP contribution in [0, 0.1) is 5.92 Å². The van der Waals surface area contributed by atoms with Crippen LogP contribution in [0.15, 0.2) is 24.3 Å². The van der Waals surface area contributed by atoms with Gasteiger partial charge < -0.3 is 16.0 Å². The molecule has 2 heterocycles. The summed E-state index contributed by atoms with van der Waals surface area (Å²) in [5.41, 5.74) is 7.00. The number of carbonyl (C=O) groups excluding carboxylic acids is 1. The molecule has 1 aromatic rings. The van der Waals surface area contributed by atoms with Gasteiger partial charge in [0.25, 0.3) is 5.91 Å². The highest BCUT2D eigenvalue weighted by Gasteiger charge is 2.38. The highest BCUT2D eigenvalue weighted by molar-refractivity contribution is 5.94. The van der Waals surface area contributed by atoms with Crippen LogP contribution in [-0.2, 0) is 0 Å². The van der Waals surface area contributed by atoms with Crippen molar-refractivity contribution in [1.82, 2.24) is 10.2 Å². The number of nitrogens with two attached hydrogens (primary N) is 1. The minimum Gasteiger partial charge on any atom is -0.399 e. The first-order valence-electron chi connectivity index (χ1n) is 7.49. The van der Waals surface area contributed by atoms with Gasteiger partial charge in [-0.3, -0.25) is 4.79 Å². The smallest absolute Gasteiger partial charge is 0.251 e. The molecule has 20 heavy (non-hydrogen) atoms. The molecule has 1 aromatic carbocycles. The van der Waals surface area contributed by atoms with Crippen molar-refractivity contribution in [3.05, 3.63) is 29.8 Å². The van der Waals surface area contributed by atoms with Gasteiger partial charge in [-0.25, -0.2) is 0 Å². The maximum absolute atomic E-state index is 12.1. The molecule has 4 nitrogen and oxygen atoms in total. The SMILES string of the molecule is CN1C2CCC1CC(CNC(=O)c1cccc(N)c1)C2. The zero-order valence-corrected chi connectivity index (χ0v) is 12.0. The predicted octanol–water partition coefficient (Wildman–Crippen LogP) is 1.87. The van der Waals surface area contributed by atoms with Gasteiger partial charge in [-0.2, -0.15) is 0 Å². The fourth-order valence-corrected chi connectivity index (χ4v) is 3.71. The van der Waals surface area contributed by atoms with E-state index >= 15 is 0 Å². The van der Waals surface area contributed by atoms with Gasteiger partial charge >= 0.3 is 0 Å². The lowest BCUT2D eigenvalue weighted by Gasteiger charge is -2.36. The average Bonchev–Trinajstić information content (AvgIpc) is 2.66. The Kier molecular flexibility index (Phi) is 3.66. The van der Waals surface area contributed by atoms with Crippen LogP contribution < -0.4 is 11.1 Å². The lowest BCUT2D eigenvalue weighted by molar-refractivity contribution is 0.0917. The molecular weight excluding hydrogens is 250 g/mol. The van der Waals surface area contributed by atoms with Crippen LogP contribution in [-0.4, -0.2) is 36.5 Å². The summed E-state index contributed by atoms with van der Waals surface area (Å²) >= 11 is 0. The molecule has 4 heteroatoms. The third-order valence-corrected chi connectivity index (χ3v) is 4.90. The van der Waals surface area contributed by atoms with Gasteiger partial charge in [-0.1, -0.05) is 6.07 Å². The summed E-state index contributed by atoms with van der Waals surface area (Å²) in [6, 6.07) is 8.61.